The Morgan fingerprint density at radius 3 is 2.23 bits per heavy atom. The number of carbonyl (C=O) groups is 2. The summed E-state index contributed by atoms with van der Waals surface area (Å²) < 4.78 is 1.55. The number of carbonyl (C=O) groups excluding carboxylic acids is 2. The van der Waals surface area contributed by atoms with Crippen LogP contribution >= 0.6 is 0 Å². The molecule has 0 spiro atoms. The summed E-state index contributed by atoms with van der Waals surface area (Å²) in [5, 5.41) is 10.1. The fourth-order valence-corrected chi connectivity index (χ4v) is 3.20. The maximum absolute atomic E-state index is 13.0. The van der Waals surface area contributed by atoms with Crippen LogP contribution in [-0.2, 0) is 0 Å². The largest absolute Gasteiger partial charge is 0.322 e. The van der Waals surface area contributed by atoms with Crippen molar-refractivity contribution < 1.29 is 9.59 Å². The Bertz CT molecular complexity index is 1230. The van der Waals surface area contributed by atoms with E-state index < -0.39 is 0 Å². The molecule has 2 amide bonds. The van der Waals surface area contributed by atoms with Crippen LogP contribution in [0.25, 0.3) is 5.69 Å². The molecule has 0 saturated carbocycles. The summed E-state index contributed by atoms with van der Waals surface area (Å²) in [7, 11) is 0. The highest BCUT2D eigenvalue weighted by Gasteiger charge is 2.21. The molecule has 0 atom stereocenters. The van der Waals surface area contributed by atoms with Gasteiger partial charge in [0.05, 0.1) is 11.9 Å². The van der Waals surface area contributed by atoms with Gasteiger partial charge >= 0.3 is 0 Å². The molecule has 0 saturated heterocycles. The highest BCUT2D eigenvalue weighted by molar-refractivity contribution is 6.12. The van der Waals surface area contributed by atoms with Gasteiger partial charge in [-0.15, -0.1) is 0 Å². The Hall–Kier alpha value is -4.19. The number of amides is 2. The van der Waals surface area contributed by atoms with Crippen molar-refractivity contribution in [3.05, 3.63) is 107 Å². The molecule has 31 heavy (non-hydrogen) atoms. The van der Waals surface area contributed by atoms with Crippen LogP contribution in [-0.4, -0.2) is 21.6 Å². The minimum absolute atomic E-state index is 0.269. The highest BCUT2D eigenvalue weighted by Crippen LogP contribution is 2.23. The summed E-state index contributed by atoms with van der Waals surface area (Å²) in [5.74, 6) is -0.362. The number of hydrogen-bond donors (Lipinski definition) is 2. The summed E-state index contributed by atoms with van der Waals surface area (Å²) in [4.78, 5) is 26.0. The van der Waals surface area contributed by atoms with Crippen molar-refractivity contribution >= 4 is 23.3 Å². The molecule has 0 aliphatic rings. The normalized spacial score (nSPS) is 10.5. The third-order valence-electron chi connectivity index (χ3n) is 4.84. The molecule has 1 aromatic heterocycles. The lowest BCUT2D eigenvalue weighted by molar-refractivity contribution is 0.102. The fraction of sp³-hybridized carbons (Fsp3) is 0.0800. The Balaban J connectivity index is 1.70. The van der Waals surface area contributed by atoms with E-state index in [1.807, 2.05) is 80.6 Å². The second kappa shape index (κ2) is 8.67. The molecule has 154 valence electrons. The van der Waals surface area contributed by atoms with E-state index in [1.54, 1.807) is 16.8 Å². The molecule has 4 aromatic rings. The quantitative estimate of drug-likeness (QED) is 0.486. The molecule has 0 aliphatic carbocycles. The van der Waals surface area contributed by atoms with Crippen LogP contribution in [0.2, 0.25) is 0 Å². The average Bonchev–Trinajstić information content (AvgIpc) is 3.19. The van der Waals surface area contributed by atoms with Gasteiger partial charge in [-0.05, 0) is 50.2 Å². The number of aryl methyl sites for hydroxylation is 2. The molecule has 0 aliphatic heterocycles. The Labute approximate surface area is 180 Å². The van der Waals surface area contributed by atoms with E-state index in [1.165, 1.54) is 6.20 Å². The lowest BCUT2D eigenvalue weighted by Crippen LogP contribution is -2.19. The van der Waals surface area contributed by atoms with Crippen LogP contribution in [0.4, 0.5) is 11.5 Å². The number of para-hydroxylation sites is 1. The number of nitrogens with zero attached hydrogens (tertiary/aromatic N) is 2. The maximum Gasteiger partial charge on any atom is 0.261 e. The smallest absolute Gasteiger partial charge is 0.261 e. The van der Waals surface area contributed by atoms with E-state index in [0.29, 0.717) is 17.1 Å². The standard InChI is InChI=1S/C25H22N4O2/c1-17-11-13-20(14-12-17)27-25(31)22-16-26-29(21-9-4-3-5-10-21)23(22)28-24(30)19-8-6-7-18(2)15-19/h3-16H,1-2H3,(H,27,31)(H,28,30). The number of hydrogen-bond acceptors (Lipinski definition) is 3. The highest BCUT2D eigenvalue weighted by atomic mass is 16.2. The van der Waals surface area contributed by atoms with Crippen LogP contribution in [0.1, 0.15) is 31.8 Å². The monoisotopic (exact) mass is 410 g/mol. The summed E-state index contributed by atoms with van der Waals surface area (Å²) in [6, 6.07) is 24.1. The van der Waals surface area contributed by atoms with E-state index >= 15 is 0 Å². The predicted molar refractivity (Wildman–Crippen MR) is 122 cm³/mol. The van der Waals surface area contributed by atoms with Crippen molar-refractivity contribution in [2.45, 2.75) is 13.8 Å². The number of nitrogens with one attached hydrogen (secondary N) is 2. The van der Waals surface area contributed by atoms with E-state index in [2.05, 4.69) is 15.7 Å². The first kappa shape index (κ1) is 20.1. The topological polar surface area (TPSA) is 76.0 Å². The molecule has 0 unspecified atom stereocenters. The zero-order valence-corrected chi connectivity index (χ0v) is 17.3. The summed E-state index contributed by atoms with van der Waals surface area (Å²) in [6.45, 7) is 3.90. The molecule has 3 aromatic carbocycles. The number of rotatable bonds is 5. The molecule has 6 nitrogen and oxygen atoms in total. The summed E-state index contributed by atoms with van der Waals surface area (Å²) in [5.41, 5.74) is 4.24. The Kier molecular flexibility index (Phi) is 5.62. The SMILES string of the molecule is Cc1ccc(NC(=O)c2cnn(-c3ccccc3)c2NC(=O)c2cccc(C)c2)cc1. The van der Waals surface area contributed by atoms with Gasteiger partial charge in [0.1, 0.15) is 11.4 Å². The number of benzene rings is 3. The number of anilines is 2. The van der Waals surface area contributed by atoms with Crippen molar-refractivity contribution in [2.75, 3.05) is 10.6 Å². The third-order valence-corrected chi connectivity index (χ3v) is 4.84. The van der Waals surface area contributed by atoms with Gasteiger partial charge in [-0.1, -0.05) is 53.6 Å². The van der Waals surface area contributed by atoms with Crippen LogP contribution in [0.5, 0.6) is 0 Å². The lowest BCUT2D eigenvalue weighted by Gasteiger charge is -2.12. The molecule has 0 radical (unpaired) electrons. The van der Waals surface area contributed by atoms with Crippen molar-refractivity contribution in [3.63, 3.8) is 0 Å². The van der Waals surface area contributed by atoms with E-state index in [9.17, 15) is 9.59 Å². The molecular formula is C25H22N4O2. The van der Waals surface area contributed by atoms with Gasteiger partial charge in [-0.3, -0.25) is 9.59 Å². The summed E-state index contributed by atoms with van der Waals surface area (Å²) in [6.07, 6.45) is 1.46. The maximum atomic E-state index is 13.0. The molecule has 6 heteroatoms. The van der Waals surface area contributed by atoms with Crippen molar-refractivity contribution in [1.29, 1.82) is 0 Å². The molecule has 0 fully saturated rings. The first-order valence-corrected chi connectivity index (χ1v) is 9.91. The Morgan fingerprint density at radius 1 is 0.774 bits per heavy atom. The van der Waals surface area contributed by atoms with Gasteiger partial charge in [0.25, 0.3) is 11.8 Å². The van der Waals surface area contributed by atoms with E-state index in [-0.39, 0.29) is 17.4 Å². The van der Waals surface area contributed by atoms with Crippen LogP contribution in [0.3, 0.4) is 0 Å². The molecular weight excluding hydrogens is 388 g/mol. The van der Waals surface area contributed by atoms with Crippen LogP contribution in [0, 0.1) is 13.8 Å². The zero-order valence-electron chi connectivity index (χ0n) is 17.3. The van der Waals surface area contributed by atoms with Gasteiger partial charge in [-0.25, -0.2) is 4.68 Å². The Morgan fingerprint density at radius 2 is 1.52 bits per heavy atom. The second-order valence-electron chi connectivity index (χ2n) is 7.30. The first-order valence-electron chi connectivity index (χ1n) is 9.91. The minimum Gasteiger partial charge on any atom is -0.322 e. The molecule has 4 rings (SSSR count). The summed E-state index contributed by atoms with van der Waals surface area (Å²) >= 11 is 0. The van der Waals surface area contributed by atoms with Crippen LogP contribution < -0.4 is 10.6 Å². The van der Waals surface area contributed by atoms with Crippen molar-refractivity contribution in [2.24, 2.45) is 0 Å². The van der Waals surface area contributed by atoms with Gasteiger partial charge in [0, 0.05) is 11.3 Å². The van der Waals surface area contributed by atoms with Gasteiger partial charge in [-0.2, -0.15) is 5.10 Å². The first-order chi connectivity index (χ1) is 15.0. The number of aromatic nitrogens is 2. The second-order valence-corrected chi connectivity index (χ2v) is 7.30. The lowest BCUT2D eigenvalue weighted by atomic mass is 10.1. The van der Waals surface area contributed by atoms with E-state index in [4.69, 9.17) is 0 Å². The van der Waals surface area contributed by atoms with Gasteiger partial charge in [0.15, 0.2) is 0 Å². The molecule has 1 heterocycles. The van der Waals surface area contributed by atoms with E-state index in [0.717, 1.165) is 16.8 Å². The zero-order chi connectivity index (χ0) is 21.8. The van der Waals surface area contributed by atoms with Crippen molar-refractivity contribution in [1.82, 2.24) is 9.78 Å². The predicted octanol–water partition coefficient (Wildman–Crippen LogP) is 4.99. The van der Waals surface area contributed by atoms with Crippen LogP contribution in [0.15, 0.2) is 85.1 Å². The molecule has 2 N–H and O–H groups in total. The van der Waals surface area contributed by atoms with Gasteiger partial charge in [0.2, 0.25) is 0 Å². The average molecular weight is 410 g/mol. The minimum atomic E-state index is -0.356. The third kappa shape index (κ3) is 4.53. The fourth-order valence-electron chi connectivity index (χ4n) is 3.20. The molecule has 0 bridgehead atoms. The van der Waals surface area contributed by atoms with Gasteiger partial charge < -0.3 is 10.6 Å². The van der Waals surface area contributed by atoms with Crippen molar-refractivity contribution in [3.8, 4) is 5.69 Å².